The van der Waals surface area contributed by atoms with Crippen molar-refractivity contribution in [1.82, 2.24) is 19.9 Å². The summed E-state index contributed by atoms with van der Waals surface area (Å²) in [6, 6.07) is 10.8. The van der Waals surface area contributed by atoms with Crippen molar-refractivity contribution >= 4 is 33.7 Å². The Morgan fingerprint density at radius 2 is 1.66 bits per heavy atom. The van der Waals surface area contributed by atoms with Crippen molar-refractivity contribution < 1.29 is 19.8 Å². The third-order valence-corrected chi connectivity index (χ3v) is 5.34. The third-order valence-electron chi connectivity index (χ3n) is 5.34. The van der Waals surface area contributed by atoms with Crippen molar-refractivity contribution in [2.45, 2.75) is 18.5 Å². The maximum Gasteiger partial charge on any atom is 0.329 e. The van der Waals surface area contributed by atoms with Gasteiger partial charge >= 0.3 is 11.7 Å². The SMILES string of the molecule is O=C(O)C(CO)NC(=O)C(Cc1c[nH]c2ccccc12)n1c(=O)[nH]c2ccccc2c1=O. The van der Waals surface area contributed by atoms with E-state index in [1.54, 1.807) is 24.4 Å². The summed E-state index contributed by atoms with van der Waals surface area (Å²) in [7, 11) is 0. The Morgan fingerprint density at radius 1 is 1.00 bits per heavy atom. The molecule has 2 atom stereocenters. The molecule has 0 bridgehead atoms. The van der Waals surface area contributed by atoms with Crippen LogP contribution < -0.4 is 16.6 Å². The molecule has 0 spiro atoms. The molecule has 164 valence electrons. The van der Waals surface area contributed by atoms with Crippen molar-refractivity contribution in [2.24, 2.45) is 0 Å². The average Bonchev–Trinajstić information content (AvgIpc) is 3.19. The van der Waals surface area contributed by atoms with Gasteiger partial charge in [-0.05, 0) is 23.8 Å². The van der Waals surface area contributed by atoms with Crippen LogP contribution in [0.15, 0.2) is 64.3 Å². The Hall–Kier alpha value is -4.18. The first-order chi connectivity index (χ1) is 15.4. The third kappa shape index (κ3) is 3.79. The number of nitrogens with zero attached hydrogens (tertiary/aromatic N) is 1. The lowest BCUT2D eigenvalue weighted by molar-refractivity contribution is -0.143. The van der Waals surface area contributed by atoms with Crippen LogP contribution in [-0.4, -0.2) is 49.3 Å². The first-order valence-electron chi connectivity index (χ1n) is 9.83. The van der Waals surface area contributed by atoms with E-state index in [1.165, 1.54) is 6.07 Å². The minimum atomic E-state index is -1.58. The zero-order valence-electron chi connectivity index (χ0n) is 16.7. The van der Waals surface area contributed by atoms with Crippen LogP contribution in [0.5, 0.6) is 0 Å². The van der Waals surface area contributed by atoms with E-state index in [9.17, 15) is 29.4 Å². The molecule has 2 aromatic carbocycles. The van der Waals surface area contributed by atoms with Crippen LogP contribution in [0.4, 0.5) is 0 Å². The Kier molecular flexibility index (Phi) is 5.61. The number of hydrogen-bond donors (Lipinski definition) is 5. The fourth-order valence-electron chi connectivity index (χ4n) is 3.72. The zero-order chi connectivity index (χ0) is 22.8. The molecular formula is C22H20N4O6. The molecule has 0 saturated carbocycles. The highest BCUT2D eigenvalue weighted by atomic mass is 16.4. The fourth-order valence-corrected chi connectivity index (χ4v) is 3.72. The average molecular weight is 436 g/mol. The number of carboxylic acid groups (broad SMARTS) is 1. The lowest BCUT2D eigenvalue weighted by atomic mass is 10.0. The summed E-state index contributed by atoms with van der Waals surface area (Å²) in [5, 5.41) is 21.7. The lowest BCUT2D eigenvalue weighted by Crippen LogP contribution is -2.50. The number of H-pyrrole nitrogens is 2. The van der Waals surface area contributed by atoms with E-state index in [1.807, 2.05) is 24.3 Å². The van der Waals surface area contributed by atoms with Gasteiger partial charge in [-0.1, -0.05) is 30.3 Å². The number of aliphatic carboxylic acids is 1. The van der Waals surface area contributed by atoms with Crippen LogP contribution in [0.3, 0.4) is 0 Å². The number of aliphatic hydroxyl groups is 1. The van der Waals surface area contributed by atoms with E-state index < -0.39 is 41.8 Å². The van der Waals surface area contributed by atoms with Gasteiger partial charge in [-0.3, -0.25) is 9.59 Å². The molecule has 2 heterocycles. The van der Waals surface area contributed by atoms with E-state index in [-0.39, 0.29) is 11.8 Å². The Bertz CT molecular complexity index is 1430. The standard InChI is InChI=1S/C22H20N4O6/c27-11-17(21(30)31)24-19(28)18(9-12-10-23-15-7-3-1-5-13(12)15)26-20(29)14-6-2-4-8-16(14)25-22(26)32/h1-8,10,17-18,23,27H,9,11H2,(H,24,28)(H,25,32)(H,30,31). The molecular weight excluding hydrogens is 416 g/mol. The molecule has 2 aromatic heterocycles. The number of amides is 1. The number of benzene rings is 2. The number of para-hydroxylation sites is 2. The molecule has 0 saturated heterocycles. The molecule has 2 unspecified atom stereocenters. The highest BCUT2D eigenvalue weighted by molar-refractivity contribution is 5.88. The molecule has 1 amide bonds. The number of hydrogen-bond acceptors (Lipinski definition) is 5. The highest BCUT2D eigenvalue weighted by Gasteiger charge is 2.29. The monoisotopic (exact) mass is 436 g/mol. The number of rotatable bonds is 7. The number of nitrogens with one attached hydrogen (secondary N) is 3. The highest BCUT2D eigenvalue weighted by Crippen LogP contribution is 2.22. The maximum absolute atomic E-state index is 13.2. The minimum Gasteiger partial charge on any atom is -0.480 e. The van der Waals surface area contributed by atoms with Gasteiger partial charge in [0.2, 0.25) is 5.91 Å². The van der Waals surface area contributed by atoms with Crippen molar-refractivity contribution in [3.63, 3.8) is 0 Å². The smallest absolute Gasteiger partial charge is 0.329 e. The van der Waals surface area contributed by atoms with Gasteiger partial charge in [-0.2, -0.15) is 0 Å². The quantitative estimate of drug-likeness (QED) is 0.284. The van der Waals surface area contributed by atoms with Crippen LogP contribution in [-0.2, 0) is 16.0 Å². The lowest BCUT2D eigenvalue weighted by Gasteiger charge is -2.21. The summed E-state index contributed by atoms with van der Waals surface area (Å²) in [5.41, 5.74) is 0.310. The molecule has 4 rings (SSSR count). The van der Waals surface area contributed by atoms with E-state index in [0.29, 0.717) is 11.1 Å². The molecule has 0 aliphatic rings. The molecule has 4 aromatic rings. The molecule has 10 heteroatoms. The molecule has 0 radical (unpaired) electrons. The summed E-state index contributed by atoms with van der Waals surface area (Å²) in [4.78, 5) is 56.1. The van der Waals surface area contributed by atoms with E-state index >= 15 is 0 Å². The van der Waals surface area contributed by atoms with Gasteiger partial charge < -0.3 is 25.5 Å². The molecule has 5 N–H and O–H groups in total. The van der Waals surface area contributed by atoms with Gasteiger partial charge in [0.1, 0.15) is 12.1 Å². The summed E-state index contributed by atoms with van der Waals surface area (Å²) in [5.74, 6) is -2.31. The summed E-state index contributed by atoms with van der Waals surface area (Å²) in [6.45, 7) is -0.843. The van der Waals surface area contributed by atoms with Crippen LogP contribution in [0.1, 0.15) is 11.6 Å². The maximum atomic E-state index is 13.2. The van der Waals surface area contributed by atoms with Crippen LogP contribution in [0.2, 0.25) is 0 Å². The van der Waals surface area contributed by atoms with Crippen LogP contribution in [0, 0.1) is 0 Å². The van der Waals surface area contributed by atoms with E-state index in [2.05, 4.69) is 15.3 Å². The topological polar surface area (TPSA) is 157 Å². The molecule has 0 aliphatic carbocycles. The number of fused-ring (bicyclic) bond motifs is 2. The van der Waals surface area contributed by atoms with Gasteiger partial charge in [-0.25, -0.2) is 14.2 Å². The van der Waals surface area contributed by atoms with Gasteiger partial charge in [0, 0.05) is 23.5 Å². The number of aliphatic hydroxyl groups excluding tert-OH is 1. The normalized spacial score (nSPS) is 13.2. The van der Waals surface area contributed by atoms with Crippen molar-refractivity contribution in [3.8, 4) is 0 Å². The molecule has 0 aliphatic heterocycles. The summed E-state index contributed by atoms with van der Waals surface area (Å²) >= 11 is 0. The fraction of sp³-hybridized carbons (Fsp3) is 0.182. The molecule has 10 nitrogen and oxygen atoms in total. The minimum absolute atomic E-state index is 0.0606. The number of carboxylic acids is 1. The number of aromatic nitrogens is 3. The van der Waals surface area contributed by atoms with Gasteiger partial charge in [0.15, 0.2) is 0 Å². The first kappa shape index (κ1) is 21.1. The van der Waals surface area contributed by atoms with Gasteiger partial charge in [-0.15, -0.1) is 0 Å². The second kappa shape index (κ2) is 8.52. The predicted octanol–water partition coefficient (Wildman–Crippen LogP) is 0.517. The Balaban J connectivity index is 1.85. The second-order valence-corrected chi connectivity index (χ2v) is 7.31. The second-order valence-electron chi connectivity index (χ2n) is 7.31. The number of carbonyl (C=O) groups is 2. The molecule has 0 fully saturated rings. The number of carbonyl (C=O) groups excluding carboxylic acids is 1. The van der Waals surface area contributed by atoms with Crippen LogP contribution >= 0.6 is 0 Å². The Labute approximate surface area is 180 Å². The number of aromatic amines is 2. The largest absolute Gasteiger partial charge is 0.480 e. The van der Waals surface area contributed by atoms with Crippen molar-refractivity contribution in [2.75, 3.05) is 6.61 Å². The van der Waals surface area contributed by atoms with Gasteiger partial charge in [0.25, 0.3) is 5.56 Å². The zero-order valence-corrected chi connectivity index (χ0v) is 16.7. The summed E-state index contributed by atoms with van der Waals surface area (Å²) < 4.78 is 0.787. The van der Waals surface area contributed by atoms with Crippen molar-refractivity contribution in [1.29, 1.82) is 0 Å². The molecule has 32 heavy (non-hydrogen) atoms. The Morgan fingerprint density at radius 3 is 2.34 bits per heavy atom. The van der Waals surface area contributed by atoms with E-state index in [4.69, 9.17) is 0 Å². The van der Waals surface area contributed by atoms with Gasteiger partial charge in [0.05, 0.1) is 17.5 Å². The summed E-state index contributed by atoms with van der Waals surface area (Å²) in [6.07, 6.45) is 1.61. The van der Waals surface area contributed by atoms with Crippen LogP contribution in [0.25, 0.3) is 21.8 Å². The first-order valence-corrected chi connectivity index (χ1v) is 9.83. The van der Waals surface area contributed by atoms with E-state index in [0.717, 1.165) is 15.5 Å². The predicted molar refractivity (Wildman–Crippen MR) is 117 cm³/mol. The van der Waals surface area contributed by atoms with Crippen molar-refractivity contribution in [3.05, 3.63) is 81.1 Å².